The van der Waals surface area contributed by atoms with Crippen LogP contribution in [0.25, 0.3) is 5.76 Å². The lowest BCUT2D eigenvalue weighted by Crippen LogP contribution is -2.29. The molecule has 1 atom stereocenters. The molecule has 1 unspecified atom stereocenters. The van der Waals surface area contributed by atoms with Gasteiger partial charge in [-0.1, -0.05) is 36.7 Å². The van der Waals surface area contributed by atoms with E-state index in [1.54, 1.807) is 42.5 Å². The number of halogens is 2. The second kappa shape index (κ2) is 9.42. The SMILES string of the molecule is CCCOc1cccc(/C(O)=C2\C(=O)C(=O)N(c3ccc(F)c(Cl)c3)C2c2ccccn2)c1. The first-order valence-corrected chi connectivity index (χ1v) is 10.7. The Bertz CT molecular complexity index is 1250. The second-order valence-corrected chi connectivity index (χ2v) is 7.81. The van der Waals surface area contributed by atoms with Crippen molar-refractivity contribution in [2.45, 2.75) is 19.4 Å². The van der Waals surface area contributed by atoms with Gasteiger partial charge in [0.1, 0.15) is 23.4 Å². The zero-order valence-electron chi connectivity index (χ0n) is 17.7. The quantitative estimate of drug-likeness (QED) is 0.303. The number of aliphatic hydroxyl groups excluding tert-OH is 1. The number of ether oxygens (including phenoxy) is 1. The lowest BCUT2D eigenvalue weighted by atomic mass is 9.98. The topological polar surface area (TPSA) is 79.7 Å². The Kier molecular flexibility index (Phi) is 6.42. The summed E-state index contributed by atoms with van der Waals surface area (Å²) in [5, 5.41) is 11.0. The number of benzene rings is 2. The van der Waals surface area contributed by atoms with Gasteiger partial charge >= 0.3 is 0 Å². The second-order valence-electron chi connectivity index (χ2n) is 7.40. The molecule has 1 N–H and O–H groups in total. The Morgan fingerprint density at radius 1 is 1.15 bits per heavy atom. The summed E-state index contributed by atoms with van der Waals surface area (Å²) in [4.78, 5) is 31.7. The number of pyridine rings is 1. The minimum Gasteiger partial charge on any atom is -0.507 e. The van der Waals surface area contributed by atoms with Crippen molar-refractivity contribution in [3.8, 4) is 5.75 Å². The van der Waals surface area contributed by atoms with Gasteiger partial charge < -0.3 is 9.84 Å². The number of anilines is 1. The number of rotatable bonds is 6. The van der Waals surface area contributed by atoms with Gasteiger partial charge in [0.25, 0.3) is 11.7 Å². The summed E-state index contributed by atoms with van der Waals surface area (Å²) in [5.41, 5.74) is 0.752. The van der Waals surface area contributed by atoms with Crippen LogP contribution < -0.4 is 9.64 Å². The van der Waals surface area contributed by atoms with Gasteiger partial charge in [0, 0.05) is 17.4 Å². The van der Waals surface area contributed by atoms with Gasteiger partial charge in [-0.25, -0.2) is 4.39 Å². The molecule has 4 rings (SSSR count). The fourth-order valence-corrected chi connectivity index (χ4v) is 3.83. The van der Waals surface area contributed by atoms with Gasteiger partial charge in [0.15, 0.2) is 0 Å². The van der Waals surface area contributed by atoms with Crippen molar-refractivity contribution in [2.24, 2.45) is 0 Å². The van der Waals surface area contributed by atoms with Gasteiger partial charge in [-0.05, 0) is 48.9 Å². The summed E-state index contributed by atoms with van der Waals surface area (Å²) >= 11 is 5.94. The predicted octanol–water partition coefficient (Wildman–Crippen LogP) is 5.29. The summed E-state index contributed by atoms with van der Waals surface area (Å²) in [6.07, 6.45) is 2.33. The third-order valence-electron chi connectivity index (χ3n) is 5.17. The fourth-order valence-electron chi connectivity index (χ4n) is 3.66. The Morgan fingerprint density at radius 2 is 1.97 bits per heavy atom. The first-order chi connectivity index (χ1) is 15.9. The van der Waals surface area contributed by atoms with Crippen LogP contribution in [0.15, 0.2) is 72.4 Å². The number of nitrogens with zero attached hydrogens (tertiary/aromatic N) is 2. The summed E-state index contributed by atoms with van der Waals surface area (Å²) in [7, 11) is 0. The van der Waals surface area contributed by atoms with Crippen molar-refractivity contribution < 1.29 is 23.8 Å². The normalized spacial score (nSPS) is 17.4. The first kappa shape index (κ1) is 22.5. The number of aliphatic hydroxyl groups is 1. The molecule has 0 radical (unpaired) electrons. The predicted molar refractivity (Wildman–Crippen MR) is 123 cm³/mol. The molecule has 1 aromatic heterocycles. The average molecular weight is 467 g/mol. The van der Waals surface area contributed by atoms with E-state index < -0.39 is 23.5 Å². The monoisotopic (exact) mass is 466 g/mol. The minimum absolute atomic E-state index is 0.133. The molecule has 6 nitrogen and oxygen atoms in total. The summed E-state index contributed by atoms with van der Waals surface area (Å²) < 4.78 is 19.4. The molecule has 1 fully saturated rings. The van der Waals surface area contributed by atoms with Gasteiger partial charge in [-0.2, -0.15) is 0 Å². The lowest BCUT2D eigenvalue weighted by Gasteiger charge is -2.24. The fraction of sp³-hybridized carbons (Fsp3) is 0.160. The number of aromatic nitrogens is 1. The number of hydrogen-bond donors (Lipinski definition) is 1. The molecule has 1 saturated heterocycles. The molecule has 3 aromatic rings. The number of ketones is 1. The summed E-state index contributed by atoms with van der Waals surface area (Å²) in [6.45, 7) is 2.47. The van der Waals surface area contributed by atoms with E-state index in [4.69, 9.17) is 16.3 Å². The Labute approximate surface area is 194 Å². The van der Waals surface area contributed by atoms with E-state index in [9.17, 15) is 19.1 Å². The molecule has 0 bridgehead atoms. The summed E-state index contributed by atoms with van der Waals surface area (Å²) in [5.74, 6) is -2.26. The molecular formula is C25H20ClFN2O4. The highest BCUT2D eigenvalue weighted by atomic mass is 35.5. The van der Waals surface area contributed by atoms with Crippen molar-refractivity contribution in [3.63, 3.8) is 0 Å². The third kappa shape index (κ3) is 4.32. The van der Waals surface area contributed by atoms with E-state index in [0.717, 1.165) is 12.5 Å². The number of Topliss-reactive ketones (excluding diaryl/α,β-unsaturated/α-hetero) is 1. The van der Waals surface area contributed by atoms with Gasteiger partial charge in [0.05, 0.1) is 22.9 Å². The van der Waals surface area contributed by atoms with Crippen molar-refractivity contribution in [2.75, 3.05) is 11.5 Å². The van der Waals surface area contributed by atoms with Crippen LogP contribution in [0.1, 0.15) is 30.6 Å². The van der Waals surface area contributed by atoms with E-state index >= 15 is 0 Å². The van der Waals surface area contributed by atoms with E-state index in [1.165, 1.54) is 23.2 Å². The van der Waals surface area contributed by atoms with Crippen LogP contribution in [0.5, 0.6) is 5.75 Å². The largest absolute Gasteiger partial charge is 0.507 e. The zero-order valence-corrected chi connectivity index (χ0v) is 18.4. The molecule has 1 aliphatic heterocycles. The number of hydrogen-bond acceptors (Lipinski definition) is 5. The molecule has 33 heavy (non-hydrogen) atoms. The van der Waals surface area contributed by atoms with E-state index in [-0.39, 0.29) is 22.0 Å². The maximum absolute atomic E-state index is 13.8. The Hall–Kier alpha value is -3.71. The van der Waals surface area contributed by atoms with Crippen molar-refractivity contribution in [1.82, 2.24) is 4.98 Å². The number of carbonyl (C=O) groups is 2. The van der Waals surface area contributed by atoms with Gasteiger partial charge in [-0.15, -0.1) is 0 Å². The molecule has 168 valence electrons. The van der Waals surface area contributed by atoms with Gasteiger partial charge in [0.2, 0.25) is 0 Å². The molecule has 0 saturated carbocycles. The molecule has 0 spiro atoms. The van der Waals surface area contributed by atoms with E-state index in [1.807, 2.05) is 6.92 Å². The van der Waals surface area contributed by atoms with Crippen molar-refractivity contribution in [1.29, 1.82) is 0 Å². The average Bonchev–Trinajstić information content (AvgIpc) is 3.10. The van der Waals surface area contributed by atoms with Crippen LogP contribution in [0.3, 0.4) is 0 Å². The first-order valence-electron chi connectivity index (χ1n) is 10.3. The third-order valence-corrected chi connectivity index (χ3v) is 5.46. The van der Waals surface area contributed by atoms with E-state index in [0.29, 0.717) is 23.6 Å². The summed E-state index contributed by atoms with van der Waals surface area (Å²) in [6, 6.07) is 14.4. The van der Waals surface area contributed by atoms with E-state index in [2.05, 4.69) is 4.98 Å². The maximum atomic E-state index is 13.8. The highest BCUT2D eigenvalue weighted by Crippen LogP contribution is 2.42. The molecule has 8 heteroatoms. The van der Waals surface area contributed by atoms with Crippen LogP contribution in [-0.4, -0.2) is 28.4 Å². The molecule has 1 amide bonds. The molecule has 2 aromatic carbocycles. The van der Waals surface area contributed by atoms with Crippen LogP contribution in [0.2, 0.25) is 5.02 Å². The molecule has 1 aliphatic rings. The lowest BCUT2D eigenvalue weighted by molar-refractivity contribution is -0.132. The smallest absolute Gasteiger partial charge is 0.300 e. The molecule has 0 aliphatic carbocycles. The number of amides is 1. The highest BCUT2D eigenvalue weighted by Gasteiger charge is 2.47. The van der Waals surface area contributed by atoms with Crippen LogP contribution in [0, 0.1) is 5.82 Å². The minimum atomic E-state index is -1.03. The maximum Gasteiger partial charge on any atom is 0.300 e. The number of carbonyl (C=O) groups excluding carboxylic acids is 2. The van der Waals surface area contributed by atoms with Crippen molar-refractivity contribution >= 4 is 34.7 Å². The highest BCUT2D eigenvalue weighted by molar-refractivity contribution is 6.51. The van der Waals surface area contributed by atoms with Crippen LogP contribution in [0.4, 0.5) is 10.1 Å². The standard InChI is InChI=1S/C25H20ClFN2O4/c1-2-12-33-17-7-5-6-15(13-17)23(30)21-22(20-8-3-4-11-28-20)29(25(32)24(21)31)16-9-10-19(27)18(26)14-16/h3-11,13-14,22,30H,2,12H2,1H3/b23-21+. The molecular weight excluding hydrogens is 447 g/mol. The zero-order chi connectivity index (χ0) is 23.5. The van der Waals surface area contributed by atoms with Crippen molar-refractivity contribution in [3.05, 3.63) is 94.5 Å². The van der Waals surface area contributed by atoms with Crippen LogP contribution in [-0.2, 0) is 9.59 Å². The van der Waals surface area contributed by atoms with Crippen LogP contribution >= 0.6 is 11.6 Å². The Balaban J connectivity index is 1.88. The van der Waals surface area contributed by atoms with Gasteiger partial charge in [-0.3, -0.25) is 19.5 Å². The Morgan fingerprint density at radius 3 is 2.67 bits per heavy atom. The molecule has 2 heterocycles.